The lowest BCUT2D eigenvalue weighted by Gasteiger charge is -2.36. The summed E-state index contributed by atoms with van der Waals surface area (Å²) in [4.78, 5) is 20.0. The number of para-hydroxylation sites is 1. The quantitative estimate of drug-likeness (QED) is 0.630. The van der Waals surface area contributed by atoms with Gasteiger partial charge in [0.2, 0.25) is 0 Å². The van der Waals surface area contributed by atoms with E-state index in [2.05, 4.69) is 44.7 Å². The van der Waals surface area contributed by atoms with Crippen molar-refractivity contribution in [3.8, 4) is 0 Å². The molecule has 0 aliphatic carbocycles. The van der Waals surface area contributed by atoms with Gasteiger partial charge in [0.25, 0.3) is 5.91 Å². The van der Waals surface area contributed by atoms with Gasteiger partial charge < -0.3 is 14.4 Å². The van der Waals surface area contributed by atoms with Crippen molar-refractivity contribution < 1.29 is 9.18 Å². The molecule has 0 spiro atoms. The molecule has 2 aliphatic heterocycles. The number of amides is 1. The summed E-state index contributed by atoms with van der Waals surface area (Å²) < 4.78 is 15.6. The smallest absolute Gasteiger partial charge is 0.270 e. The van der Waals surface area contributed by atoms with Crippen molar-refractivity contribution in [2.75, 3.05) is 37.6 Å². The number of fused-ring (bicyclic) bond motifs is 1. The fourth-order valence-electron chi connectivity index (χ4n) is 4.96. The number of hydrogen-bond acceptors (Lipinski definition) is 3. The number of aromatic nitrogens is 1. The molecule has 166 valence electrons. The minimum absolute atomic E-state index is 0.117. The Morgan fingerprint density at radius 3 is 2.47 bits per heavy atom. The lowest BCUT2D eigenvalue weighted by Crippen LogP contribution is -2.49. The molecular formula is C26H29FN4O. The predicted octanol–water partition coefficient (Wildman–Crippen LogP) is 3.68. The lowest BCUT2D eigenvalue weighted by atomic mass is 10.1. The normalized spacial score (nSPS) is 16.8. The minimum Gasteiger partial charge on any atom is -0.368 e. The number of anilines is 1. The third kappa shape index (κ3) is 4.15. The van der Waals surface area contributed by atoms with Gasteiger partial charge in [-0.05, 0) is 41.5 Å². The molecule has 5 rings (SSSR count). The molecule has 1 aromatic heterocycles. The maximum absolute atomic E-state index is 13.5. The molecule has 1 saturated heterocycles. The molecule has 3 heterocycles. The Bertz CT molecular complexity index is 1100. The molecule has 32 heavy (non-hydrogen) atoms. The maximum Gasteiger partial charge on any atom is 0.270 e. The molecular weight excluding hydrogens is 403 g/mol. The molecule has 1 fully saturated rings. The summed E-state index contributed by atoms with van der Waals surface area (Å²) in [6, 6.07) is 19.3. The van der Waals surface area contributed by atoms with E-state index in [1.54, 1.807) is 12.1 Å². The largest absolute Gasteiger partial charge is 0.368 e. The van der Waals surface area contributed by atoms with Crippen molar-refractivity contribution in [2.24, 2.45) is 7.05 Å². The number of piperazine rings is 1. The highest BCUT2D eigenvalue weighted by Crippen LogP contribution is 2.25. The average molecular weight is 433 g/mol. The summed E-state index contributed by atoms with van der Waals surface area (Å²) in [5.74, 6) is -0.0774. The van der Waals surface area contributed by atoms with Crippen LogP contribution in [-0.2, 0) is 26.6 Å². The van der Waals surface area contributed by atoms with E-state index in [1.807, 2.05) is 24.1 Å². The van der Waals surface area contributed by atoms with E-state index >= 15 is 0 Å². The molecule has 0 saturated carbocycles. The highest BCUT2D eigenvalue weighted by molar-refractivity contribution is 5.93. The maximum atomic E-state index is 13.5. The number of benzene rings is 2. The Morgan fingerprint density at radius 2 is 1.72 bits per heavy atom. The van der Waals surface area contributed by atoms with Crippen molar-refractivity contribution in [1.29, 1.82) is 0 Å². The first-order valence-electron chi connectivity index (χ1n) is 11.3. The molecule has 0 radical (unpaired) electrons. The topological polar surface area (TPSA) is 31.7 Å². The van der Waals surface area contributed by atoms with Crippen molar-refractivity contribution in [3.63, 3.8) is 0 Å². The van der Waals surface area contributed by atoms with E-state index in [4.69, 9.17) is 0 Å². The summed E-state index contributed by atoms with van der Waals surface area (Å²) in [6.07, 6.45) is 0.899. The van der Waals surface area contributed by atoms with Crippen LogP contribution in [0.3, 0.4) is 0 Å². The van der Waals surface area contributed by atoms with E-state index in [-0.39, 0.29) is 11.7 Å². The van der Waals surface area contributed by atoms with Crippen LogP contribution in [0.2, 0.25) is 0 Å². The summed E-state index contributed by atoms with van der Waals surface area (Å²) in [5.41, 5.74) is 5.42. The van der Waals surface area contributed by atoms with E-state index in [9.17, 15) is 9.18 Å². The van der Waals surface area contributed by atoms with Gasteiger partial charge in [-0.15, -0.1) is 0 Å². The molecule has 0 unspecified atom stereocenters. The highest BCUT2D eigenvalue weighted by Gasteiger charge is 2.28. The van der Waals surface area contributed by atoms with Gasteiger partial charge in [-0.1, -0.05) is 30.3 Å². The third-order valence-corrected chi connectivity index (χ3v) is 6.71. The molecule has 1 amide bonds. The van der Waals surface area contributed by atoms with Gasteiger partial charge in [0, 0.05) is 70.7 Å². The van der Waals surface area contributed by atoms with Gasteiger partial charge in [-0.3, -0.25) is 9.69 Å². The molecule has 0 atom stereocenters. The van der Waals surface area contributed by atoms with E-state index < -0.39 is 0 Å². The van der Waals surface area contributed by atoms with Gasteiger partial charge in [0.05, 0.1) is 0 Å². The van der Waals surface area contributed by atoms with Crippen molar-refractivity contribution >= 4 is 11.6 Å². The summed E-state index contributed by atoms with van der Waals surface area (Å²) in [6.45, 7) is 5.57. The minimum atomic E-state index is -0.194. The Morgan fingerprint density at radius 1 is 0.938 bits per heavy atom. The van der Waals surface area contributed by atoms with Crippen LogP contribution in [0.4, 0.5) is 10.1 Å². The van der Waals surface area contributed by atoms with Crippen LogP contribution in [0.5, 0.6) is 0 Å². The van der Waals surface area contributed by atoms with Crippen LogP contribution in [0, 0.1) is 5.82 Å². The summed E-state index contributed by atoms with van der Waals surface area (Å²) >= 11 is 0. The van der Waals surface area contributed by atoms with Crippen LogP contribution >= 0.6 is 0 Å². The highest BCUT2D eigenvalue weighted by atomic mass is 19.1. The third-order valence-electron chi connectivity index (χ3n) is 6.71. The van der Waals surface area contributed by atoms with Crippen molar-refractivity contribution in [3.05, 3.63) is 89.0 Å². The number of nitrogens with zero attached hydrogens (tertiary/aromatic N) is 4. The fourth-order valence-corrected chi connectivity index (χ4v) is 4.96. The first kappa shape index (κ1) is 20.8. The zero-order chi connectivity index (χ0) is 22.1. The molecule has 0 N–H and O–H groups in total. The van der Waals surface area contributed by atoms with Crippen molar-refractivity contribution in [1.82, 2.24) is 14.4 Å². The van der Waals surface area contributed by atoms with Crippen LogP contribution in [0.25, 0.3) is 0 Å². The Kier molecular flexibility index (Phi) is 5.70. The van der Waals surface area contributed by atoms with Gasteiger partial charge in [0.15, 0.2) is 0 Å². The molecule has 2 aromatic carbocycles. The van der Waals surface area contributed by atoms with Crippen molar-refractivity contribution in [2.45, 2.75) is 19.5 Å². The molecule has 3 aromatic rings. The zero-order valence-electron chi connectivity index (χ0n) is 18.5. The molecule has 6 heteroatoms. The first-order valence-corrected chi connectivity index (χ1v) is 11.3. The second-order valence-corrected chi connectivity index (χ2v) is 8.77. The average Bonchev–Trinajstić information content (AvgIpc) is 3.15. The number of carbonyl (C=O) groups is 1. The van der Waals surface area contributed by atoms with E-state index in [1.165, 1.54) is 23.0 Å². The van der Waals surface area contributed by atoms with Gasteiger partial charge in [-0.25, -0.2) is 4.39 Å². The monoisotopic (exact) mass is 432 g/mol. The second-order valence-electron chi connectivity index (χ2n) is 8.77. The standard InChI is InChI=1S/C26H29FN4O/c1-28-24-10-11-29(18-20-6-5-7-22(27)16-20)19-21(24)17-25(28)26(32)31-14-12-30(13-15-31)23-8-3-2-4-9-23/h2-9,16-17H,10-15,18-19H2,1H3. The van der Waals surface area contributed by atoms with E-state index in [0.717, 1.165) is 63.5 Å². The van der Waals surface area contributed by atoms with E-state index in [0.29, 0.717) is 0 Å². The zero-order valence-corrected chi connectivity index (χ0v) is 18.5. The molecule has 2 aliphatic rings. The number of halogens is 1. The SMILES string of the molecule is Cn1c(C(=O)N2CCN(c3ccccc3)CC2)cc2c1CCN(Cc1cccc(F)c1)C2. The first-order chi connectivity index (χ1) is 15.6. The van der Waals surface area contributed by atoms with Gasteiger partial charge >= 0.3 is 0 Å². The Labute approximate surface area is 188 Å². The van der Waals surface area contributed by atoms with Gasteiger partial charge in [0.1, 0.15) is 11.5 Å². The van der Waals surface area contributed by atoms with Gasteiger partial charge in [-0.2, -0.15) is 0 Å². The molecule has 5 nitrogen and oxygen atoms in total. The summed E-state index contributed by atoms with van der Waals surface area (Å²) in [7, 11) is 2.01. The number of carbonyl (C=O) groups excluding carboxylic acids is 1. The summed E-state index contributed by atoms with van der Waals surface area (Å²) in [5, 5.41) is 0. The van der Waals surface area contributed by atoms with Crippen LogP contribution in [0.15, 0.2) is 60.7 Å². The number of rotatable bonds is 4. The van der Waals surface area contributed by atoms with Crippen LogP contribution < -0.4 is 4.90 Å². The second kappa shape index (κ2) is 8.79. The van der Waals surface area contributed by atoms with Crippen LogP contribution in [-0.4, -0.2) is 53.0 Å². The number of hydrogen-bond donors (Lipinski definition) is 0. The van der Waals surface area contributed by atoms with Crippen LogP contribution in [0.1, 0.15) is 27.3 Å². The predicted molar refractivity (Wildman–Crippen MR) is 124 cm³/mol. The Balaban J connectivity index is 1.25. The Hall–Kier alpha value is -3.12. The fraction of sp³-hybridized carbons (Fsp3) is 0.346. The lowest BCUT2D eigenvalue weighted by molar-refractivity contribution is 0.0737. The molecule has 0 bridgehead atoms.